The van der Waals surface area contributed by atoms with Crippen molar-refractivity contribution < 1.29 is 19.5 Å². The fourth-order valence-corrected chi connectivity index (χ4v) is 5.19. The summed E-state index contributed by atoms with van der Waals surface area (Å²) in [5.41, 5.74) is -2.07. The molecule has 3 rings (SSSR count). The fourth-order valence-electron chi connectivity index (χ4n) is 4.36. The van der Waals surface area contributed by atoms with Crippen LogP contribution in [0.15, 0.2) is 17.5 Å². The quantitative estimate of drug-likeness (QED) is 0.770. The zero-order chi connectivity index (χ0) is 19.3. The van der Waals surface area contributed by atoms with Gasteiger partial charge in [0.15, 0.2) is 0 Å². The molecule has 0 aliphatic carbocycles. The molecule has 142 valence electrons. The third kappa shape index (κ3) is 2.68. The smallest absolute Gasteiger partial charge is 0.324 e. The minimum absolute atomic E-state index is 0.266. The summed E-state index contributed by atoms with van der Waals surface area (Å²) in [4.78, 5) is 41.0. The second-order valence-corrected chi connectivity index (χ2v) is 9.18. The molecular formula is C19H26N2O4S. The predicted molar refractivity (Wildman–Crippen MR) is 98.7 cm³/mol. The van der Waals surface area contributed by atoms with Gasteiger partial charge in [0.25, 0.3) is 0 Å². The van der Waals surface area contributed by atoms with Gasteiger partial charge in [0.2, 0.25) is 11.8 Å². The number of imide groups is 1. The number of aliphatic carboxylic acids is 1. The molecule has 3 heterocycles. The first-order valence-corrected chi connectivity index (χ1v) is 9.95. The van der Waals surface area contributed by atoms with Crippen molar-refractivity contribution in [2.75, 3.05) is 0 Å². The molecule has 4 unspecified atom stereocenters. The number of nitrogens with one attached hydrogen (secondary N) is 1. The van der Waals surface area contributed by atoms with E-state index in [0.717, 1.165) is 11.3 Å². The van der Waals surface area contributed by atoms with Crippen LogP contribution in [0, 0.1) is 11.8 Å². The number of hydrogen-bond donors (Lipinski definition) is 2. The van der Waals surface area contributed by atoms with Crippen LogP contribution < -0.4 is 5.32 Å². The summed E-state index contributed by atoms with van der Waals surface area (Å²) in [6.07, 6.45) is 1.83. The highest BCUT2D eigenvalue weighted by Crippen LogP contribution is 2.52. The number of fused-ring (bicyclic) bond motifs is 1. The van der Waals surface area contributed by atoms with Crippen molar-refractivity contribution in [3.8, 4) is 0 Å². The Bertz CT molecular complexity index is 724. The van der Waals surface area contributed by atoms with E-state index in [1.54, 1.807) is 0 Å². The van der Waals surface area contributed by atoms with Crippen molar-refractivity contribution in [2.24, 2.45) is 11.8 Å². The maximum absolute atomic E-state index is 13.2. The first-order chi connectivity index (χ1) is 12.1. The van der Waals surface area contributed by atoms with E-state index in [4.69, 9.17) is 0 Å². The lowest BCUT2D eigenvalue weighted by molar-refractivity contribution is -0.154. The molecule has 0 radical (unpaired) electrons. The van der Waals surface area contributed by atoms with Gasteiger partial charge >= 0.3 is 5.97 Å². The van der Waals surface area contributed by atoms with E-state index in [2.05, 4.69) is 5.32 Å². The average molecular weight is 378 g/mol. The molecular weight excluding hydrogens is 352 g/mol. The SMILES string of the molecule is CCCCC1(C(=O)O)NC(c2cccs2)C2C(=O)N(C(C)(C)C)C(=O)C21. The minimum atomic E-state index is -1.40. The van der Waals surface area contributed by atoms with Gasteiger partial charge in [-0.1, -0.05) is 25.8 Å². The monoisotopic (exact) mass is 378 g/mol. The van der Waals surface area contributed by atoms with Gasteiger partial charge in [0.05, 0.1) is 17.9 Å². The van der Waals surface area contributed by atoms with E-state index in [0.29, 0.717) is 12.8 Å². The number of carboxylic acid groups (broad SMARTS) is 1. The summed E-state index contributed by atoms with van der Waals surface area (Å²) in [5, 5.41) is 15.2. The largest absolute Gasteiger partial charge is 0.480 e. The van der Waals surface area contributed by atoms with Gasteiger partial charge in [-0.05, 0) is 38.6 Å². The highest BCUT2D eigenvalue weighted by molar-refractivity contribution is 7.10. The molecule has 1 aromatic rings. The lowest BCUT2D eigenvalue weighted by atomic mass is 9.77. The minimum Gasteiger partial charge on any atom is -0.480 e. The number of likely N-dealkylation sites (tertiary alicyclic amines) is 1. The van der Waals surface area contributed by atoms with E-state index >= 15 is 0 Å². The molecule has 0 aromatic carbocycles. The summed E-state index contributed by atoms with van der Waals surface area (Å²) in [5.74, 6) is -3.22. The molecule has 2 fully saturated rings. The van der Waals surface area contributed by atoms with Crippen LogP contribution in [0.2, 0.25) is 0 Å². The Hall–Kier alpha value is -1.73. The molecule has 2 saturated heterocycles. The molecule has 2 aliphatic rings. The molecule has 0 saturated carbocycles. The Labute approximate surface area is 157 Å². The zero-order valence-electron chi connectivity index (χ0n) is 15.6. The predicted octanol–water partition coefficient (Wildman–Crippen LogP) is 2.81. The second kappa shape index (κ2) is 6.46. The number of thiophene rings is 1. The van der Waals surface area contributed by atoms with Gasteiger partial charge in [-0.25, -0.2) is 0 Å². The molecule has 2 aliphatic heterocycles. The van der Waals surface area contributed by atoms with Crippen LogP contribution >= 0.6 is 11.3 Å². The summed E-state index contributed by atoms with van der Waals surface area (Å²) in [6, 6.07) is 3.33. The van der Waals surface area contributed by atoms with E-state index in [1.165, 1.54) is 16.2 Å². The maximum atomic E-state index is 13.2. The van der Waals surface area contributed by atoms with Gasteiger partial charge in [0.1, 0.15) is 5.54 Å². The normalized spacial score (nSPS) is 31.5. The third-order valence-corrected chi connectivity index (χ3v) is 6.44. The maximum Gasteiger partial charge on any atom is 0.324 e. The first kappa shape index (κ1) is 19.0. The Balaban J connectivity index is 2.13. The summed E-state index contributed by atoms with van der Waals surface area (Å²) in [6.45, 7) is 7.42. The van der Waals surface area contributed by atoms with Crippen LogP contribution in [0.3, 0.4) is 0 Å². The number of rotatable bonds is 5. The topological polar surface area (TPSA) is 86.7 Å². The molecule has 0 bridgehead atoms. The molecule has 4 atom stereocenters. The lowest BCUT2D eigenvalue weighted by Gasteiger charge is -2.35. The van der Waals surface area contributed by atoms with Crippen LogP contribution in [-0.4, -0.2) is 38.9 Å². The molecule has 0 spiro atoms. The third-order valence-electron chi connectivity index (χ3n) is 5.48. The van der Waals surface area contributed by atoms with Gasteiger partial charge in [-0.2, -0.15) is 0 Å². The number of carboxylic acids is 1. The Morgan fingerprint density at radius 1 is 1.35 bits per heavy atom. The van der Waals surface area contributed by atoms with E-state index < -0.39 is 34.9 Å². The molecule has 2 N–H and O–H groups in total. The van der Waals surface area contributed by atoms with Crippen molar-refractivity contribution in [3.05, 3.63) is 22.4 Å². The average Bonchev–Trinajstić information content (AvgIpc) is 3.22. The van der Waals surface area contributed by atoms with Crippen molar-refractivity contribution in [2.45, 2.75) is 64.1 Å². The van der Waals surface area contributed by atoms with Gasteiger partial charge in [-0.15, -0.1) is 11.3 Å². The van der Waals surface area contributed by atoms with Crippen LogP contribution in [-0.2, 0) is 14.4 Å². The molecule has 6 nitrogen and oxygen atoms in total. The number of hydrogen-bond acceptors (Lipinski definition) is 5. The van der Waals surface area contributed by atoms with Crippen LogP contribution in [0.1, 0.15) is 57.9 Å². The molecule has 26 heavy (non-hydrogen) atoms. The van der Waals surface area contributed by atoms with Crippen molar-refractivity contribution in [1.29, 1.82) is 0 Å². The Morgan fingerprint density at radius 3 is 2.54 bits per heavy atom. The molecule has 1 aromatic heterocycles. The van der Waals surface area contributed by atoms with Crippen molar-refractivity contribution in [1.82, 2.24) is 10.2 Å². The highest BCUT2D eigenvalue weighted by atomic mass is 32.1. The number of unbranched alkanes of at least 4 members (excludes halogenated alkanes) is 1. The first-order valence-electron chi connectivity index (χ1n) is 9.07. The molecule has 2 amide bonds. The second-order valence-electron chi connectivity index (χ2n) is 8.20. The van der Waals surface area contributed by atoms with Crippen LogP contribution in [0.5, 0.6) is 0 Å². The Morgan fingerprint density at radius 2 is 2.04 bits per heavy atom. The Kier molecular flexibility index (Phi) is 4.73. The summed E-state index contributed by atoms with van der Waals surface area (Å²) >= 11 is 1.48. The number of nitrogens with zero attached hydrogens (tertiary/aromatic N) is 1. The lowest BCUT2D eigenvalue weighted by Crippen LogP contribution is -2.57. The summed E-state index contributed by atoms with van der Waals surface area (Å²) < 4.78 is 0. The van der Waals surface area contributed by atoms with Gasteiger partial charge in [0, 0.05) is 10.4 Å². The van der Waals surface area contributed by atoms with E-state index in [9.17, 15) is 19.5 Å². The number of amides is 2. The van der Waals surface area contributed by atoms with E-state index in [1.807, 2.05) is 45.2 Å². The van der Waals surface area contributed by atoms with Crippen LogP contribution in [0.4, 0.5) is 0 Å². The number of carbonyl (C=O) groups is 3. The highest BCUT2D eigenvalue weighted by Gasteiger charge is 2.69. The van der Waals surface area contributed by atoms with Crippen LogP contribution in [0.25, 0.3) is 0 Å². The number of carbonyl (C=O) groups excluding carboxylic acids is 2. The summed E-state index contributed by atoms with van der Waals surface area (Å²) in [7, 11) is 0. The van der Waals surface area contributed by atoms with Gasteiger partial charge in [-0.3, -0.25) is 24.6 Å². The van der Waals surface area contributed by atoms with Crippen molar-refractivity contribution >= 4 is 29.1 Å². The fraction of sp³-hybridized carbons (Fsp3) is 0.632. The van der Waals surface area contributed by atoms with Crippen molar-refractivity contribution in [3.63, 3.8) is 0 Å². The van der Waals surface area contributed by atoms with Gasteiger partial charge < -0.3 is 5.11 Å². The van der Waals surface area contributed by atoms with E-state index in [-0.39, 0.29) is 11.8 Å². The standard InChI is InChI=1S/C19H26N2O4S/c1-5-6-9-19(17(24)25)13-12(14(20-19)11-8-7-10-26-11)15(22)21(16(13)23)18(2,3)4/h7-8,10,12-14,20H,5-6,9H2,1-4H3,(H,24,25). The molecule has 7 heteroatoms. The zero-order valence-corrected chi connectivity index (χ0v) is 16.4.